The summed E-state index contributed by atoms with van der Waals surface area (Å²) in [7, 11) is 0. The molecule has 0 radical (unpaired) electrons. The van der Waals surface area contributed by atoms with Gasteiger partial charge in [-0.1, -0.05) is 41.9 Å². The van der Waals surface area contributed by atoms with Crippen LogP contribution in [0.25, 0.3) is 33.5 Å². The third kappa shape index (κ3) is 4.13. The van der Waals surface area contributed by atoms with Crippen molar-refractivity contribution in [3.8, 4) is 17.3 Å². The van der Waals surface area contributed by atoms with Crippen LogP contribution in [-0.2, 0) is 4.79 Å². The Hall–Kier alpha value is -3.75. The molecule has 0 spiro atoms. The Morgan fingerprint density at radius 3 is 2.71 bits per heavy atom. The normalized spacial score (nSPS) is 11.5. The van der Waals surface area contributed by atoms with Crippen LogP contribution in [0.5, 0.6) is 5.75 Å². The van der Waals surface area contributed by atoms with Crippen molar-refractivity contribution in [2.24, 2.45) is 5.10 Å². The number of hydrogen-bond donors (Lipinski definition) is 0. The van der Waals surface area contributed by atoms with Gasteiger partial charge in [-0.05, 0) is 52.3 Å². The molecule has 34 heavy (non-hydrogen) atoms. The minimum absolute atomic E-state index is 0.228. The smallest absolute Gasteiger partial charge is 0.308 e. The fourth-order valence-corrected chi connectivity index (χ4v) is 4.44. The van der Waals surface area contributed by atoms with Crippen LogP contribution in [0.15, 0.2) is 85.5 Å². The van der Waals surface area contributed by atoms with Gasteiger partial charge in [0, 0.05) is 22.9 Å². The van der Waals surface area contributed by atoms with Crippen molar-refractivity contribution >= 4 is 61.6 Å². The van der Waals surface area contributed by atoms with E-state index in [9.17, 15) is 9.59 Å². The predicted octanol–water partition coefficient (Wildman–Crippen LogP) is 6.03. The summed E-state index contributed by atoms with van der Waals surface area (Å²) in [5.41, 5.74) is 1.18. The van der Waals surface area contributed by atoms with E-state index in [1.807, 2.05) is 24.3 Å². The van der Waals surface area contributed by atoms with Crippen LogP contribution in [0, 0.1) is 0 Å². The summed E-state index contributed by atoms with van der Waals surface area (Å²) in [6.07, 6.45) is 1.39. The van der Waals surface area contributed by atoms with Gasteiger partial charge in [-0.15, -0.1) is 0 Å². The summed E-state index contributed by atoms with van der Waals surface area (Å²) in [6, 6.07) is 19.5. The lowest BCUT2D eigenvalue weighted by atomic mass is 10.2. The van der Waals surface area contributed by atoms with Crippen molar-refractivity contribution in [3.05, 3.63) is 92.1 Å². The maximum atomic E-state index is 13.4. The minimum atomic E-state index is -0.509. The summed E-state index contributed by atoms with van der Waals surface area (Å²) < 4.78 is 12.9. The van der Waals surface area contributed by atoms with Crippen molar-refractivity contribution in [3.63, 3.8) is 0 Å². The van der Waals surface area contributed by atoms with Gasteiger partial charge >= 0.3 is 5.97 Å². The van der Waals surface area contributed by atoms with E-state index in [0.29, 0.717) is 37.3 Å². The largest absolute Gasteiger partial charge is 0.453 e. The van der Waals surface area contributed by atoms with Crippen LogP contribution >= 0.6 is 27.5 Å². The van der Waals surface area contributed by atoms with Crippen molar-refractivity contribution in [2.75, 3.05) is 0 Å². The topological polar surface area (TPSA) is 86.7 Å². The first-order valence-electron chi connectivity index (χ1n) is 10.1. The molecule has 9 heteroatoms. The van der Waals surface area contributed by atoms with Crippen molar-refractivity contribution in [1.82, 2.24) is 9.66 Å². The Labute approximate surface area is 206 Å². The van der Waals surface area contributed by atoms with E-state index in [0.717, 1.165) is 10.1 Å². The average molecular weight is 537 g/mol. The number of carbonyl (C=O) groups is 1. The molecule has 0 saturated heterocycles. The lowest BCUT2D eigenvalue weighted by molar-refractivity contribution is -0.131. The zero-order valence-corrected chi connectivity index (χ0v) is 20.0. The van der Waals surface area contributed by atoms with E-state index in [1.54, 1.807) is 42.5 Å². The van der Waals surface area contributed by atoms with Gasteiger partial charge in [0.2, 0.25) is 5.82 Å². The molecule has 0 aliphatic carbocycles. The van der Waals surface area contributed by atoms with E-state index in [4.69, 9.17) is 20.8 Å². The number of halogens is 2. The Bertz CT molecular complexity index is 1640. The maximum Gasteiger partial charge on any atom is 0.308 e. The Morgan fingerprint density at radius 2 is 1.91 bits per heavy atom. The van der Waals surface area contributed by atoms with Crippen LogP contribution in [0.2, 0.25) is 5.02 Å². The molecule has 0 bridgehead atoms. The first-order valence-corrected chi connectivity index (χ1v) is 11.3. The quantitative estimate of drug-likeness (QED) is 0.159. The highest BCUT2D eigenvalue weighted by molar-refractivity contribution is 9.10. The van der Waals surface area contributed by atoms with Gasteiger partial charge in [-0.25, -0.2) is 4.98 Å². The van der Waals surface area contributed by atoms with Crippen molar-refractivity contribution in [1.29, 1.82) is 0 Å². The zero-order chi connectivity index (χ0) is 23.8. The van der Waals surface area contributed by atoms with Gasteiger partial charge in [0.25, 0.3) is 5.56 Å². The van der Waals surface area contributed by atoms with Crippen LogP contribution in [-0.4, -0.2) is 21.8 Å². The highest BCUT2D eigenvalue weighted by Crippen LogP contribution is 2.32. The van der Waals surface area contributed by atoms with Gasteiger partial charge < -0.3 is 9.15 Å². The third-order valence-electron chi connectivity index (χ3n) is 4.99. The van der Waals surface area contributed by atoms with Crippen LogP contribution in [0.3, 0.4) is 0 Å². The summed E-state index contributed by atoms with van der Waals surface area (Å²) in [6.45, 7) is 1.29. The Balaban J connectivity index is 1.73. The second kappa shape index (κ2) is 8.89. The monoisotopic (exact) mass is 535 g/mol. The lowest BCUT2D eigenvalue weighted by Gasteiger charge is -2.10. The summed E-state index contributed by atoms with van der Waals surface area (Å²) >= 11 is 9.55. The first-order chi connectivity index (χ1) is 16.4. The van der Waals surface area contributed by atoms with E-state index in [1.165, 1.54) is 13.1 Å². The number of benzene rings is 3. The number of para-hydroxylation sites is 2. The summed E-state index contributed by atoms with van der Waals surface area (Å²) in [5.74, 6) is 0.331. The van der Waals surface area contributed by atoms with E-state index in [-0.39, 0.29) is 17.1 Å². The Kier molecular flexibility index (Phi) is 5.77. The van der Waals surface area contributed by atoms with Gasteiger partial charge in [-0.2, -0.15) is 9.78 Å². The summed E-state index contributed by atoms with van der Waals surface area (Å²) in [4.78, 5) is 29.7. The molecule has 0 atom stereocenters. The number of esters is 1. The van der Waals surface area contributed by atoms with Gasteiger partial charge in [0.1, 0.15) is 5.58 Å². The Morgan fingerprint density at radius 1 is 1.15 bits per heavy atom. The average Bonchev–Trinajstić information content (AvgIpc) is 3.24. The van der Waals surface area contributed by atoms with Crippen molar-refractivity contribution < 1.29 is 13.9 Å². The molecular weight excluding hydrogens is 522 g/mol. The summed E-state index contributed by atoms with van der Waals surface area (Å²) in [5, 5.41) is 6.07. The first kappa shape index (κ1) is 22.1. The van der Waals surface area contributed by atoms with Crippen LogP contribution < -0.4 is 10.3 Å². The highest BCUT2D eigenvalue weighted by atomic mass is 79.9. The minimum Gasteiger partial charge on any atom is -0.453 e. The molecule has 0 aliphatic heterocycles. The lowest BCUT2D eigenvalue weighted by Crippen LogP contribution is -2.20. The van der Waals surface area contributed by atoms with Gasteiger partial charge in [0.05, 0.1) is 21.6 Å². The molecule has 0 aliphatic rings. The zero-order valence-electron chi connectivity index (χ0n) is 17.7. The molecule has 2 heterocycles. The maximum absolute atomic E-state index is 13.4. The molecule has 0 saturated carbocycles. The number of hydrogen-bond acceptors (Lipinski definition) is 6. The molecule has 168 valence electrons. The van der Waals surface area contributed by atoms with Crippen LogP contribution in [0.4, 0.5) is 0 Å². The molecule has 0 unspecified atom stereocenters. The predicted molar refractivity (Wildman–Crippen MR) is 135 cm³/mol. The molecule has 0 fully saturated rings. The molecule has 7 nitrogen and oxygen atoms in total. The van der Waals surface area contributed by atoms with E-state index in [2.05, 4.69) is 26.0 Å². The standard InChI is InChI=1S/C25H15BrClN3O4/c1-14(31)33-23-16(10-17(27)12-19(23)26)13-28-30-24(22-11-15-6-2-5-9-21(15)34-22)29-20-8-4-3-7-18(20)25(30)32/h2-13H,1H3. The van der Waals surface area contributed by atoms with E-state index < -0.39 is 5.97 Å². The molecule has 2 aromatic heterocycles. The number of nitrogens with zero attached hydrogens (tertiary/aromatic N) is 3. The third-order valence-corrected chi connectivity index (χ3v) is 5.80. The fourth-order valence-electron chi connectivity index (χ4n) is 3.53. The van der Waals surface area contributed by atoms with E-state index >= 15 is 0 Å². The SMILES string of the molecule is CC(=O)Oc1c(Br)cc(Cl)cc1C=Nn1c(-c2cc3ccccc3o2)nc2ccccc2c1=O. The number of fused-ring (bicyclic) bond motifs is 2. The van der Waals surface area contributed by atoms with Gasteiger partial charge in [-0.3, -0.25) is 9.59 Å². The second-order valence-electron chi connectivity index (χ2n) is 7.36. The molecule has 0 N–H and O–H groups in total. The molecule has 3 aromatic carbocycles. The second-order valence-corrected chi connectivity index (χ2v) is 8.65. The number of carbonyl (C=O) groups excluding carboxylic acids is 1. The number of ether oxygens (including phenoxy) is 1. The molecule has 0 amide bonds. The number of aromatic nitrogens is 2. The number of furan rings is 1. The van der Waals surface area contributed by atoms with Crippen LogP contribution in [0.1, 0.15) is 12.5 Å². The number of rotatable bonds is 4. The molecule has 5 rings (SSSR count). The fraction of sp³-hybridized carbons (Fsp3) is 0.0400. The highest BCUT2D eigenvalue weighted by Gasteiger charge is 2.17. The van der Waals surface area contributed by atoms with Crippen molar-refractivity contribution in [2.45, 2.75) is 6.92 Å². The molecule has 5 aromatic rings. The van der Waals surface area contributed by atoms with Gasteiger partial charge in [0.15, 0.2) is 11.5 Å². The molecular formula is C25H15BrClN3O4.